The van der Waals surface area contributed by atoms with Gasteiger partial charge in [-0.15, -0.1) is 11.3 Å². The molecule has 1 unspecified atom stereocenters. The fraction of sp³-hybridized carbons (Fsp3) is 0.769. The smallest absolute Gasteiger partial charge is 0.248 e. The van der Waals surface area contributed by atoms with Crippen molar-refractivity contribution in [2.75, 3.05) is 0 Å². The summed E-state index contributed by atoms with van der Waals surface area (Å²) >= 11 is 1.59. The van der Waals surface area contributed by atoms with Gasteiger partial charge in [0.05, 0.1) is 16.8 Å². The Hall–Kier alpha value is -0.550. The molecule has 1 heterocycles. The standard InChI is InChI=1S/C13H19F2NOS/c1-8-9(2)18-12(16-8)7-11(17)10-3-5-13(14,15)6-4-10/h10-11,17H,3-7H2,1-2H3. The molecule has 1 saturated carbocycles. The van der Waals surface area contributed by atoms with Gasteiger partial charge >= 0.3 is 0 Å². The maximum Gasteiger partial charge on any atom is 0.248 e. The number of rotatable bonds is 3. The maximum atomic E-state index is 13.0. The Morgan fingerprint density at radius 2 is 2.00 bits per heavy atom. The van der Waals surface area contributed by atoms with Gasteiger partial charge in [-0.3, -0.25) is 0 Å². The van der Waals surface area contributed by atoms with E-state index in [1.807, 2.05) is 13.8 Å². The van der Waals surface area contributed by atoms with Gasteiger partial charge in [-0.05, 0) is 32.6 Å². The topological polar surface area (TPSA) is 33.1 Å². The second-order valence-electron chi connectivity index (χ2n) is 5.21. The number of aliphatic hydroxyl groups is 1. The van der Waals surface area contributed by atoms with Crippen LogP contribution in [0.5, 0.6) is 0 Å². The third-order valence-corrected chi connectivity index (χ3v) is 4.86. The van der Waals surface area contributed by atoms with Crippen molar-refractivity contribution in [3.63, 3.8) is 0 Å². The maximum absolute atomic E-state index is 13.0. The molecule has 1 N–H and O–H groups in total. The molecule has 0 bridgehead atoms. The van der Waals surface area contributed by atoms with Crippen LogP contribution in [-0.4, -0.2) is 22.1 Å². The van der Waals surface area contributed by atoms with Gasteiger partial charge in [0.2, 0.25) is 5.92 Å². The minimum atomic E-state index is -2.52. The van der Waals surface area contributed by atoms with E-state index in [-0.39, 0.29) is 18.8 Å². The first-order valence-electron chi connectivity index (χ1n) is 6.36. The predicted molar refractivity (Wildman–Crippen MR) is 68.2 cm³/mol. The number of alkyl halides is 2. The Labute approximate surface area is 110 Å². The van der Waals surface area contributed by atoms with E-state index in [1.165, 1.54) is 0 Å². The summed E-state index contributed by atoms with van der Waals surface area (Å²) < 4.78 is 26.1. The van der Waals surface area contributed by atoms with Crippen molar-refractivity contribution in [1.29, 1.82) is 0 Å². The first-order chi connectivity index (χ1) is 8.37. The molecule has 1 aliphatic rings. The summed E-state index contributed by atoms with van der Waals surface area (Å²) in [6, 6.07) is 0. The van der Waals surface area contributed by atoms with Gasteiger partial charge in [-0.25, -0.2) is 13.8 Å². The van der Waals surface area contributed by atoms with Crippen molar-refractivity contribution >= 4 is 11.3 Å². The van der Waals surface area contributed by atoms with E-state index >= 15 is 0 Å². The molecule has 2 rings (SSSR count). The lowest BCUT2D eigenvalue weighted by molar-refractivity contribution is -0.0619. The van der Waals surface area contributed by atoms with E-state index in [0.29, 0.717) is 19.3 Å². The number of hydrogen-bond acceptors (Lipinski definition) is 3. The summed E-state index contributed by atoms with van der Waals surface area (Å²) in [7, 11) is 0. The summed E-state index contributed by atoms with van der Waals surface area (Å²) in [5.41, 5.74) is 0.998. The Morgan fingerprint density at radius 1 is 1.39 bits per heavy atom. The number of aryl methyl sites for hydroxylation is 2. The van der Waals surface area contributed by atoms with Crippen LogP contribution >= 0.6 is 11.3 Å². The van der Waals surface area contributed by atoms with Gasteiger partial charge in [0.25, 0.3) is 0 Å². The molecule has 102 valence electrons. The van der Waals surface area contributed by atoms with E-state index in [0.717, 1.165) is 15.6 Å². The largest absolute Gasteiger partial charge is 0.392 e. The zero-order valence-electron chi connectivity index (χ0n) is 10.7. The first kappa shape index (κ1) is 13.9. The van der Waals surface area contributed by atoms with Gasteiger partial charge in [-0.2, -0.15) is 0 Å². The fourth-order valence-corrected chi connectivity index (χ4v) is 3.40. The second-order valence-corrected chi connectivity index (χ2v) is 6.50. The van der Waals surface area contributed by atoms with E-state index in [1.54, 1.807) is 11.3 Å². The van der Waals surface area contributed by atoms with Crippen molar-refractivity contribution in [2.45, 2.75) is 58.0 Å². The fourth-order valence-electron chi connectivity index (χ4n) is 2.42. The summed E-state index contributed by atoms with van der Waals surface area (Å²) in [5.74, 6) is -2.53. The van der Waals surface area contributed by atoms with Crippen molar-refractivity contribution in [3.8, 4) is 0 Å². The van der Waals surface area contributed by atoms with Crippen LogP contribution in [0.15, 0.2) is 0 Å². The predicted octanol–water partition coefficient (Wildman–Crippen LogP) is 3.49. The lowest BCUT2D eigenvalue weighted by Crippen LogP contribution is -2.32. The highest BCUT2D eigenvalue weighted by molar-refractivity contribution is 7.11. The number of halogens is 2. The quantitative estimate of drug-likeness (QED) is 0.916. The third-order valence-electron chi connectivity index (χ3n) is 3.76. The number of hydrogen-bond donors (Lipinski definition) is 1. The van der Waals surface area contributed by atoms with Crippen molar-refractivity contribution in [3.05, 3.63) is 15.6 Å². The summed E-state index contributed by atoms with van der Waals surface area (Å²) in [5, 5.41) is 11.0. The molecule has 0 aromatic carbocycles. The molecule has 0 amide bonds. The van der Waals surface area contributed by atoms with E-state index in [2.05, 4.69) is 4.98 Å². The zero-order valence-corrected chi connectivity index (χ0v) is 11.6. The molecule has 2 nitrogen and oxygen atoms in total. The minimum absolute atomic E-state index is 0.00543. The summed E-state index contributed by atoms with van der Waals surface area (Å²) in [4.78, 5) is 5.54. The summed E-state index contributed by atoms with van der Waals surface area (Å²) in [6.45, 7) is 3.95. The van der Waals surface area contributed by atoms with Crippen LogP contribution in [0.1, 0.15) is 41.3 Å². The van der Waals surface area contributed by atoms with E-state index in [9.17, 15) is 13.9 Å². The van der Waals surface area contributed by atoms with Crippen LogP contribution in [0.25, 0.3) is 0 Å². The molecule has 0 spiro atoms. The zero-order chi connectivity index (χ0) is 13.3. The Balaban J connectivity index is 1.90. The molecule has 0 radical (unpaired) electrons. The van der Waals surface area contributed by atoms with Gasteiger partial charge in [-0.1, -0.05) is 0 Å². The first-order valence-corrected chi connectivity index (χ1v) is 7.18. The van der Waals surface area contributed by atoms with Gasteiger partial charge in [0.15, 0.2) is 0 Å². The number of aliphatic hydroxyl groups excluding tert-OH is 1. The lowest BCUT2D eigenvalue weighted by atomic mass is 9.82. The number of aromatic nitrogens is 1. The highest BCUT2D eigenvalue weighted by Gasteiger charge is 2.37. The second kappa shape index (κ2) is 5.21. The Morgan fingerprint density at radius 3 is 2.50 bits per heavy atom. The molecular weight excluding hydrogens is 256 g/mol. The van der Waals surface area contributed by atoms with Crippen LogP contribution in [0.2, 0.25) is 0 Å². The molecule has 5 heteroatoms. The normalized spacial score (nSPS) is 22.1. The Bertz CT molecular complexity index is 390. The van der Waals surface area contributed by atoms with Crippen molar-refractivity contribution in [1.82, 2.24) is 4.98 Å². The van der Waals surface area contributed by atoms with Crippen LogP contribution in [0.3, 0.4) is 0 Å². The Kier molecular flexibility index (Phi) is 4.02. The molecular formula is C13H19F2NOS. The molecule has 1 atom stereocenters. The van der Waals surface area contributed by atoms with E-state index in [4.69, 9.17) is 0 Å². The molecule has 1 fully saturated rings. The average Bonchev–Trinajstić information content (AvgIpc) is 2.57. The van der Waals surface area contributed by atoms with Gasteiger partial charge in [0, 0.05) is 24.1 Å². The summed E-state index contributed by atoms with van der Waals surface area (Å²) in [6.07, 6.45) is 0.603. The average molecular weight is 275 g/mol. The van der Waals surface area contributed by atoms with Crippen LogP contribution in [0.4, 0.5) is 8.78 Å². The van der Waals surface area contributed by atoms with Crippen LogP contribution in [0, 0.1) is 19.8 Å². The van der Waals surface area contributed by atoms with E-state index < -0.39 is 12.0 Å². The van der Waals surface area contributed by atoms with Crippen LogP contribution in [-0.2, 0) is 6.42 Å². The van der Waals surface area contributed by atoms with Crippen molar-refractivity contribution < 1.29 is 13.9 Å². The third kappa shape index (κ3) is 3.26. The number of thiazole rings is 1. The molecule has 0 aliphatic heterocycles. The lowest BCUT2D eigenvalue weighted by Gasteiger charge is -2.30. The molecule has 1 aromatic rings. The van der Waals surface area contributed by atoms with Gasteiger partial charge < -0.3 is 5.11 Å². The van der Waals surface area contributed by atoms with Crippen LogP contribution < -0.4 is 0 Å². The molecule has 18 heavy (non-hydrogen) atoms. The van der Waals surface area contributed by atoms with Gasteiger partial charge in [0.1, 0.15) is 0 Å². The highest BCUT2D eigenvalue weighted by Crippen LogP contribution is 2.38. The molecule has 0 saturated heterocycles. The monoisotopic (exact) mass is 275 g/mol. The minimum Gasteiger partial charge on any atom is -0.392 e. The number of nitrogens with zero attached hydrogens (tertiary/aromatic N) is 1. The SMILES string of the molecule is Cc1nc(CC(O)C2CCC(F)(F)CC2)sc1C. The highest BCUT2D eigenvalue weighted by atomic mass is 32.1. The molecule has 1 aromatic heterocycles. The van der Waals surface area contributed by atoms with Crippen molar-refractivity contribution in [2.24, 2.45) is 5.92 Å². The molecule has 1 aliphatic carbocycles.